The molecule has 1 N–H and O–H groups in total. The highest BCUT2D eigenvalue weighted by molar-refractivity contribution is 5.89. The number of carbonyl (C=O) groups is 1. The average Bonchev–Trinajstić information content (AvgIpc) is 2.62. The number of nitrogens with one attached hydrogen (secondary N) is 1. The number of anilines is 1. The Morgan fingerprint density at radius 1 is 1.40 bits per heavy atom. The zero-order valence-electron chi connectivity index (χ0n) is 14.1. The van der Waals surface area contributed by atoms with Gasteiger partial charge >= 0.3 is 6.03 Å². The third kappa shape index (κ3) is 4.48. The molecule has 2 heterocycles. The van der Waals surface area contributed by atoms with Crippen LogP contribution in [0.2, 0.25) is 0 Å². The zero-order chi connectivity index (χ0) is 17.6. The van der Waals surface area contributed by atoms with Gasteiger partial charge in [0.1, 0.15) is 6.10 Å². The van der Waals surface area contributed by atoms with E-state index < -0.39 is 0 Å². The van der Waals surface area contributed by atoms with Gasteiger partial charge in [-0.3, -0.25) is 0 Å². The molecule has 1 fully saturated rings. The normalized spacial score (nSPS) is 16.8. The number of piperidine rings is 1. The quantitative estimate of drug-likeness (QED) is 0.932. The van der Waals surface area contributed by atoms with Crippen LogP contribution < -0.4 is 10.1 Å². The van der Waals surface area contributed by atoms with Gasteiger partial charge in [-0.15, -0.1) is 0 Å². The van der Waals surface area contributed by atoms with Crippen molar-refractivity contribution in [1.82, 2.24) is 9.88 Å². The number of nitrogens with zero attached hydrogens (tertiary/aromatic N) is 3. The lowest BCUT2D eigenvalue weighted by Crippen LogP contribution is -2.46. The van der Waals surface area contributed by atoms with Gasteiger partial charge in [-0.05, 0) is 43.5 Å². The number of likely N-dealkylation sites (tertiary alicyclic amines) is 1. The molecule has 1 aromatic carbocycles. The Hall–Kier alpha value is -3.07. The van der Waals surface area contributed by atoms with Gasteiger partial charge in [0, 0.05) is 24.5 Å². The first-order valence-electron chi connectivity index (χ1n) is 8.29. The van der Waals surface area contributed by atoms with Gasteiger partial charge in [0.05, 0.1) is 18.2 Å². The molecule has 0 unspecified atom stereocenters. The van der Waals surface area contributed by atoms with Crippen molar-refractivity contribution in [2.45, 2.75) is 25.9 Å². The van der Waals surface area contributed by atoms with Crippen molar-refractivity contribution in [2.24, 2.45) is 0 Å². The summed E-state index contributed by atoms with van der Waals surface area (Å²) in [4.78, 5) is 18.4. The number of carbonyl (C=O) groups excluding carboxylic acids is 1. The molecule has 1 atom stereocenters. The van der Waals surface area contributed by atoms with E-state index in [1.165, 1.54) is 0 Å². The van der Waals surface area contributed by atoms with Crippen LogP contribution in [0.5, 0.6) is 5.88 Å². The molecule has 0 bridgehead atoms. The molecular weight excluding hydrogens is 316 g/mol. The van der Waals surface area contributed by atoms with Crippen molar-refractivity contribution in [1.29, 1.82) is 5.26 Å². The van der Waals surface area contributed by atoms with Gasteiger partial charge in [0.25, 0.3) is 0 Å². The maximum absolute atomic E-state index is 12.5. The highest BCUT2D eigenvalue weighted by atomic mass is 16.5. The van der Waals surface area contributed by atoms with Crippen molar-refractivity contribution in [3.05, 3.63) is 53.7 Å². The van der Waals surface area contributed by atoms with Gasteiger partial charge in [-0.1, -0.05) is 12.1 Å². The number of hydrogen-bond acceptors (Lipinski definition) is 4. The fraction of sp³-hybridized carbons (Fsp3) is 0.316. The molecule has 1 aliphatic rings. The van der Waals surface area contributed by atoms with Crippen LogP contribution in [0.3, 0.4) is 0 Å². The van der Waals surface area contributed by atoms with E-state index in [1.54, 1.807) is 23.2 Å². The summed E-state index contributed by atoms with van der Waals surface area (Å²) < 4.78 is 5.86. The van der Waals surface area contributed by atoms with Gasteiger partial charge in [0.15, 0.2) is 0 Å². The number of urea groups is 1. The van der Waals surface area contributed by atoms with Crippen molar-refractivity contribution in [3.63, 3.8) is 0 Å². The molecule has 128 valence electrons. The van der Waals surface area contributed by atoms with Crippen LogP contribution in [-0.2, 0) is 0 Å². The molecule has 2 aromatic rings. The Morgan fingerprint density at radius 3 is 3.08 bits per heavy atom. The molecule has 1 aromatic heterocycles. The Morgan fingerprint density at radius 2 is 2.28 bits per heavy atom. The Kier molecular flexibility index (Phi) is 5.14. The lowest BCUT2D eigenvalue weighted by Gasteiger charge is -2.32. The topological polar surface area (TPSA) is 78.3 Å². The minimum absolute atomic E-state index is 0.126. The van der Waals surface area contributed by atoms with Crippen LogP contribution in [-0.4, -0.2) is 35.1 Å². The SMILES string of the molecule is Cc1cccc(NC(=O)N2CCC[C@@H](Oc3cc(C#N)ccn3)C2)c1. The minimum atomic E-state index is -0.127. The van der Waals surface area contributed by atoms with Gasteiger partial charge < -0.3 is 15.0 Å². The smallest absolute Gasteiger partial charge is 0.321 e. The van der Waals surface area contributed by atoms with Crippen LogP contribution in [0.4, 0.5) is 10.5 Å². The monoisotopic (exact) mass is 336 g/mol. The second-order valence-corrected chi connectivity index (χ2v) is 6.12. The van der Waals surface area contributed by atoms with Gasteiger partial charge in [-0.2, -0.15) is 5.26 Å². The molecule has 0 aliphatic carbocycles. The maximum Gasteiger partial charge on any atom is 0.321 e. The number of aryl methyl sites for hydroxylation is 1. The van der Waals surface area contributed by atoms with Gasteiger partial charge in [0.2, 0.25) is 5.88 Å². The van der Waals surface area contributed by atoms with Gasteiger partial charge in [-0.25, -0.2) is 9.78 Å². The van der Waals surface area contributed by atoms with Crippen LogP contribution >= 0.6 is 0 Å². The zero-order valence-corrected chi connectivity index (χ0v) is 14.1. The summed E-state index contributed by atoms with van der Waals surface area (Å²) in [6, 6.07) is 12.9. The molecule has 0 spiro atoms. The fourth-order valence-electron chi connectivity index (χ4n) is 2.86. The lowest BCUT2D eigenvalue weighted by molar-refractivity contribution is 0.102. The summed E-state index contributed by atoms with van der Waals surface area (Å²) in [5.41, 5.74) is 2.40. The summed E-state index contributed by atoms with van der Waals surface area (Å²) in [6.45, 7) is 3.18. The van der Waals surface area contributed by atoms with Crippen LogP contribution in [0.1, 0.15) is 24.0 Å². The number of amides is 2. The highest BCUT2D eigenvalue weighted by Crippen LogP contribution is 2.19. The second kappa shape index (κ2) is 7.67. The first kappa shape index (κ1) is 16.8. The number of aromatic nitrogens is 1. The van der Waals surface area contributed by atoms with E-state index in [-0.39, 0.29) is 12.1 Å². The highest BCUT2D eigenvalue weighted by Gasteiger charge is 2.25. The molecule has 1 aliphatic heterocycles. The fourth-order valence-corrected chi connectivity index (χ4v) is 2.86. The summed E-state index contributed by atoms with van der Waals surface area (Å²) in [5, 5.41) is 11.9. The van der Waals surface area contributed by atoms with E-state index in [0.29, 0.717) is 24.5 Å². The summed E-state index contributed by atoms with van der Waals surface area (Å²) >= 11 is 0. The number of benzene rings is 1. The van der Waals surface area contributed by atoms with Crippen molar-refractivity contribution in [2.75, 3.05) is 18.4 Å². The first-order chi connectivity index (χ1) is 12.1. The molecule has 25 heavy (non-hydrogen) atoms. The molecule has 6 heteroatoms. The Balaban J connectivity index is 1.60. The van der Waals surface area contributed by atoms with Crippen molar-refractivity contribution in [3.8, 4) is 11.9 Å². The van der Waals surface area contributed by atoms with E-state index >= 15 is 0 Å². The Bertz CT molecular complexity index is 800. The summed E-state index contributed by atoms with van der Waals surface area (Å²) in [7, 11) is 0. The molecule has 1 saturated heterocycles. The lowest BCUT2D eigenvalue weighted by atomic mass is 10.1. The van der Waals surface area contributed by atoms with E-state index in [0.717, 1.165) is 24.1 Å². The minimum Gasteiger partial charge on any atom is -0.472 e. The third-order valence-electron chi connectivity index (χ3n) is 4.09. The van der Waals surface area contributed by atoms with Crippen molar-refractivity contribution >= 4 is 11.7 Å². The molecule has 0 saturated carbocycles. The largest absolute Gasteiger partial charge is 0.472 e. The molecular formula is C19H20N4O2. The maximum atomic E-state index is 12.5. The third-order valence-corrected chi connectivity index (χ3v) is 4.09. The van der Waals surface area contributed by atoms with Crippen LogP contribution in [0.15, 0.2) is 42.6 Å². The predicted molar refractivity (Wildman–Crippen MR) is 94.4 cm³/mol. The number of pyridine rings is 1. The van der Waals surface area contributed by atoms with E-state index in [4.69, 9.17) is 10.00 Å². The predicted octanol–water partition coefficient (Wildman–Crippen LogP) is 3.34. The van der Waals surface area contributed by atoms with E-state index in [9.17, 15) is 4.79 Å². The standard InChI is InChI=1S/C19H20N4O2/c1-14-4-2-5-16(10-14)22-19(24)23-9-3-6-17(13-23)25-18-11-15(12-20)7-8-21-18/h2,4-5,7-8,10-11,17H,3,6,9,13H2,1H3,(H,22,24)/t17-/m1/s1. The van der Waals surface area contributed by atoms with Crippen LogP contribution in [0.25, 0.3) is 0 Å². The number of nitriles is 1. The molecule has 2 amide bonds. The molecule has 6 nitrogen and oxygen atoms in total. The van der Waals surface area contributed by atoms with Crippen LogP contribution in [0, 0.1) is 18.3 Å². The summed E-state index contributed by atoms with van der Waals surface area (Å²) in [5.74, 6) is 0.421. The van der Waals surface area contributed by atoms with E-state index in [1.807, 2.05) is 31.2 Å². The number of ether oxygens (including phenoxy) is 1. The van der Waals surface area contributed by atoms with Crippen molar-refractivity contribution < 1.29 is 9.53 Å². The second-order valence-electron chi connectivity index (χ2n) is 6.12. The average molecular weight is 336 g/mol. The molecule has 0 radical (unpaired) electrons. The summed E-state index contributed by atoms with van der Waals surface area (Å²) in [6.07, 6.45) is 3.15. The number of hydrogen-bond donors (Lipinski definition) is 1. The number of rotatable bonds is 3. The van der Waals surface area contributed by atoms with E-state index in [2.05, 4.69) is 16.4 Å². The first-order valence-corrected chi connectivity index (χ1v) is 8.29. The Labute approximate surface area is 147 Å². The molecule has 3 rings (SSSR count).